The Kier molecular flexibility index (Phi) is 5.21. The Hall–Kier alpha value is -2.99. The molecule has 2 aromatic carbocycles. The van der Waals surface area contributed by atoms with Crippen molar-refractivity contribution >= 4 is 6.03 Å². The number of aromatic nitrogens is 2. The number of piperidine rings is 1. The predicted octanol–water partition coefficient (Wildman–Crippen LogP) is 3.98. The molecule has 2 amide bonds. The molecular weight excluding hydrogens is 352 g/mol. The normalized spacial score (nSPS) is 22.1. The van der Waals surface area contributed by atoms with E-state index in [4.69, 9.17) is 10.3 Å². The summed E-state index contributed by atoms with van der Waals surface area (Å²) in [7, 11) is 0. The minimum absolute atomic E-state index is 0.147. The minimum Gasteiger partial charge on any atom is -0.339 e. The molecule has 3 aromatic rings. The van der Waals surface area contributed by atoms with Crippen LogP contribution in [-0.4, -0.2) is 27.2 Å². The van der Waals surface area contributed by atoms with E-state index >= 15 is 0 Å². The second-order valence-electron chi connectivity index (χ2n) is 7.46. The Bertz CT molecular complexity index is 926. The fourth-order valence-electron chi connectivity index (χ4n) is 4.17. The van der Waals surface area contributed by atoms with E-state index in [2.05, 4.69) is 10.1 Å². The molecule has 1 fully saturated rings. The van der Waals surface area contributed by atoms with Crippen LogP contribution < -0.4 is 5.73 Å². The summed E-state index contributed by atoms with van der Waals surface area (Å²) in [4.78, 5) is 17.3. The van der Waals surface area contributed by atoms with E-state index in [-0.39, 0.29) is 16.6 Å². The Morgan fingerprint density at radius 3 is 2.39 bits per heavy atom. The number of quaternary nitrogens is 1. The molecule has 2 heterocycles. The number of benzene rings is 2. The lowest BCUT2D eigenvalue weighted by atomic mass is 9.96. The summed E-state index contributed by atoms with van der Waals surface area (Å²) < 4.78 is 5.67. The number of hydrogen-bond acceptors (Lipinski definition) is 4. The summed E-state index contributed by atoms with van der Waals surface area (Å²) in [5, 5.41) is 4.25. The van der Waals surface area contributed by atoms with Gasteiger partial charge in [0.15, 0.2) is 6.04 Å². The molecule has 1 saturated heterocycles. The number of primary amides is 1. The highest BCUT2D eigenvalue weighted by atomic mass is 16.5. The summed E-state index contributed by atoms with van der Waals surface area (Å²) in [6.07, 6.45) is 3.38. The van der Waals surface area contributed by atoms with E-state index in [9.17, 15) is 4.79 Å². The molecule has 0 bridgehead atoms. The number of nitrogens with two attached hydrogens (primary N) is 1. The first kappa shape index (κ1) is 18.4. The van der Waals surface area contributed by atoms with Gasteiger partial charge in [-0.1, -0.05) is 65.8 Å². The van der Waals surface area contributed by atoms with E-state index in [1.165, 1.54) is 0 Å². The molecule has 1 aliphatic heterocycles. The number of carbonyl (C=O) groups is 1. The standard InChI is InChI=1S/C22H24N4O2/c23-22(27)26(16-18-11-5-2-6-12-18)14-8-7-13-19(26)21-24-20(28-25-21)15-17-9-3-1-4-10-17/h1-6,9-12,19H,7-8,13-16H2,(H-,23,27)/p+1. The van der Waals surface area contributed by atoms with Crippen molar-refractivity contribution in [1.29, 1.82) is 0 Å². The third kappa shape index (κ3) is 3.68. The Balaban J connectivity index is 1.63. The molecule has 2 atom stereocenters. The van der Waals surface area contributed by atoms with Gasteiger partial charge in [0.2, 0.25) is 11.7 Å². The Labute approximate surface area is 164 Å². The second-order valence-corrected chi connectivity index (χ2v) is 7.46. The van der Waals surface area contributed by atoms with Crippen LogP contribution in [0.5, 0.6) is 0 Å². The molecule has 0 saturated carbocycles. The third-order valence-electron chi connectivity index (χ3n) is 5.61. The quantitative estimate of drug-likeness (QED) is 0.682. The van der Waals surface area contributed by atoms with Crippen LogP contribution in [0.15, 0.2) is 65.2 Å². The number of amides is 2. The second kappa shape index (κ2) is 7.94. The van der Waals surface area contributed by atoms with Gasteiger partial charge in [-0.2, -0.15) is 4.98 Å². The van der Waals surface area contributed by atoms with Crippen LogP contribution in [0.1, 0.15) is 48.1 Å². The van der Waals surface area contributed by atoms with E-state index < -0.39 is 0 Å². The van der Waals surface area contributed by atoms with E-state index in [0.717, 1.165) is 30.4 Å². The number of nitrogens with zero attached hydrogens (tertiary/aromatic N) is 3. The average Bonchev–Trinajstić information content (AvgIpc) is 3.18. The van der Waals surface area contributed by atoms with Crippen molar-refractivity contribution in [2.45, 2.75) is 38.3 Å². The summed E-state index contributed by atoms with van der Waals surface area (Å²) in [5.41, 5.74) is 8.15. The van der Waals surface area contributed by atoms with Gasteiger partial charge in [-0.15, -0.1) is 0 Å². The van der Waals surface area contributed by atoms with Crippen molar-refractivity contribution in [2.24, 2.45) is 5.73 Å². The first-order valence-corrected chi connectivity index (χ1v) is 9.74. The van der Waals surface area contributed by atoms with Gasteiger partial charge in [0.05, 0.1) is 13.0 Å². The molecule has 144 valence electrons. The fourth-order valence-corrected chi connectivity index (χ4v) is 4.17. The molecule has 6 nitrogen and oxygen atoms in total. The first-order valence-electron chi connectivity index (χ1n) is 9.74. The zero-order valence-corrected chi connectivity index (χ0v) is 15.8. The first-order chi connectivity index (χ1) is 13.7. The molecule has 1 aromatic heterocycles. The van der Waals surface area contributed by atoms with Gasteiger partial charge in [-0.3, -0.25) is 0 Å². The predicted molar refractivity (Wildman–Crippen MR) is 105 cm³/mol. The molecule has 28 heavy (non-hydrogen) atoms. The summed E-state index contributed by atoms with van der Waals surface area (Å²) in [5.74, 6) is 1.15. The largest absolute Gasteiger partial charge is 0.414 e. The molecule has 0 radical (unpaired) electrons. The van der Waals surface area contributed by atoms with Crippen molar-refractivity contribution in [3.05, 3.63) is 83.5 Å². The number of carbonyl (C=O) groups excluding carboxylic acids is 1. The fraction of sp³-hybridized carbons (Fsp3) is 0.318. The van der Waals surface area contributed by atoms with Crippen LogP contribution >= 0.6 is 0 Å². The molecule has 0 aliphatic carbocycles. The molecule has 6 heteroatoms. The van der Waals surface area contributed by atoms with Crippen LogP contribution in [0.4, 0.5) is 4.79 Å². The van der Waals surface area contributed by atoms with E-state index in [1.807, 2.05) is 60.7 Å². The van der Waals surface area contributed by atoms with Crippen LogP contribution in [0.2, 0.25) is 0 Å². The van der Waals surface area contributed by atoms with Gasteiger partial charge in [-0.25, -0.2) is 9.28 Å². The van der Waals surface area contributed by atoms with Crippen molar-refractivity contribution in [1.82, 2.24) is 10.1 Å². The highest BCUT2D eigenvalue weighted by Crippen LogP contribution is 2.38. The van der Waals surface area contributed by atoms with Gasteiger partial charge in [0, 0.05) is 12.0 Å². The lowest BCUT2D eigenvalue weighted by Gasteiger charge is -2.42. The number of urea groups is 1. The maximum absolute atomic E-state index is 12.7. The monoisotopic (exact) mass is 377 g/mol. The van der Waals surface area contributed by atoms with Crippen LogP contribution in [0, 0.1) is 0 Å². The van der Waals surface area contributed by atoms with Crippen LogP contribution in [-0.2, 0) is 13.0 Å². The molecule has 1 aliphatic rings. The van der Waals surface area contributed by atoms with Gasteiger partial charge in [0.1, 0.15) is 6.54 Å². The number of rotatable bonds is 5. The molecule has 4 rings (SSSR count). The summed E-state index contributed by atoms with van der Waals surface area (Å²) in [6, 6.07) is 19.5. The zero-order chi connectivity index (χ0) is 19.4. The third-order valence-corrected chi connectivity index (χ3v) is 5.61. The summed E-state index contributed by atoms with van der Waals surface area (Å²) >= 11 is 0. The lowest BCUT2D eigenvalue weighted by molar-refractivity contribution is -0.900. The van der Waals surface area contributed by atoms with Crippen molar-refractivity contribution in [3.63, 3.8) is 0 Å². The van der Waals surface area contributed by atoms with Crippen LogP contribution in [0.25, 0.3) is 0 Å². The SMILES string of the molecule is NC(=O)[N+]1(Cc2ccccc2)CCCCC1c1noc(Cc2ccccc2)n1. The Morgan fingerprint density at radius 2 is 1.71 bits per heavy atom. The average molecular weight is 377 g/mol. The van der Waals surface area contributed by atoms with Crippen LogP contribution in [0.3, 0.4) is 0 Å². The molecule has 2 N–H and O–H groups in total. The minimum atomic E-state index is -0.331. The van der Waals surface area contributed by atoms with Crippen molar-refractivity contribution in [3.8, 4) is 0 Å². The van der Waals surface area contributed by atoms with Crippen molar-refractivity contribution in [2.75, 3.05) is 6.54 Å². The van der Waals surface area contributed by atoms with E-state index in [0.29, 0.717) is 31.2 Å². The summed E-state index contributed by atoms with van der Waals surface area (Å²) in [6.45, 7) is 1.24. The highest BCUT2D eigenvalue weighted by Gasteiger charge is 2.48. The zero-order valence-electron chi connectivity index (χ0n) is 15.8. The number of likely N-dealkylation sites (tertiary alicyclic amines) is 1. The highest BCUT2D eigenvalue weighted by molar-refractivity contribution is 5.65. The molecule has 2 unspecified atom stereocenters. The van der Waals surface area contributed by atoms with Gasteiger partial charge in [-0.05, 0) is 18.4 Å². The maximum atomic E-state index is 12.7. The smallest absolute Gasteiger partial charge is 0.339 e. The lowest BCUT2D eigenvalue weighted by Crippen LogP contribution is -2.59. The topological polar surface area (TPSA) is 82.0 Å². The van der Waals surface area contributed by atoms with Gasteiger partial charge in [0.25, 0.3) is 0 Å². The van der Waals surface area contributed by atoms with Gasteiger partial charge >= 0.3 is 6.03 Å². The maximum Gasteiger partial charge on any atom is 0.414 e. The van der Waals surface area contributed by atoms with E-state index in [1.54, 1.807) is 0 Å². The molecule has 0 spiro atoms. The van der Waals surface area contributed by atoms with Crippen molar-refractivity contribution < 1.29 is 13.8 Å². The number of hydrogen-bond donors (Lipinski definition) is 1. The van der Waals surface area contributed by atoms with Gasteiger partial charge < -0.3 is 10.3 Å². The molecular formula is C22H25N4O2+. The Morgan fingerprint density at radius 1 is 1.04 bits per heavy atom.